The molecule has 1 saturated heterocycles. The molecule has 1 unspecified atom stereocenters. The third-order valence-corrected chi connectivity index (χ3v) is 5.47. The zero-order chi connectivity index (χ0) is 17.8. The number of benzene rings is 1. The molecule has 0 radical (unpaired) electrons. The first-order chi connectivity index (χ1) is 12.8. The van der Waals surface area contributed by atoms with E-state index in [2.05, 4.69) is 34.1 Å². The average molecular weight is 347 g/mol. The number of carbonyl (C=O) groups is 1. The lowest BCUT2D eigenvalue weighted by atomic mass is 9.96. The molecule has 0 spiro atoms. The van der Waals surface area contributed by atoms with E-state index >= 15 is 0 Å². The second-order valence-corrected chi connectivity index (χ2v) is 7.16. The summed E-state index contributed by atoms with van der Waals surface area (Å²) in [5, 5.41) is 0. The van der Waals surface area contributed by atoms with Crippen LogP contribution in [0.15, 0.2) is 54.7 Å². The number of carbonyl (C=O) groups excluding carboxylic acids is 1. The SMILES string of the molecule is O=C(/C=C/c1ccccn1)N1CCCC(N2CCc3ccccc3C2)C1. The smallest absolute Gasteiger partial charge is 0.246 e. The first kappa shape index (κ1) is 17.0. The number of pyridine rings is 1. The fourth-order valence-corrected chi connectivity index (χ4v) is 4.02. The van der Waals surface area contributed by atoms with E-state index in [0.717, 1.165) is 44.7 Å². The highest BCUT2D eigenvalue weighted by Crippen LogP contribution is 2.24. The normalized spacial score (nSPS) is 20.9. The zero-order valence-corrected chi connectivity index (χ0v) is 15.1. The van der Waals surface area contributed by atoms with Gasteiger partial charge in [-0.2, -0.15) is 0 Å². The average Bonchev–Trinajstić information content (AvgIpc) is 2.72. The predicted octanol–water partition coefficient (Wildman–Crippen LogP) is 3.14. The summed E-state index contributed by atoms with van der Waals surface area (Å²) >= 11 is 0. The molecular formula is C22H25N3O. The monoisotopic (exact) mass is 347 g/mol. The van der Waals surface area contributed by atoms with Crippen LogP contribution in [0.25, 0.3) is 6.08 Å². The minimum Gasteiger partial charge on any atom is -0.338 e. The van der Waals surface area contributed by atoms with Gasteiger partial charge in [0.2, 0.25) is 5.91 Å². The molecule has 0 N–H and O–H groups in total. The lowest BCUT2D eigenvalue weighted by molar-refractivity contribution is -0.128. The van der Waals surface area contributed by atoms with Crippen LogP contribution in [-0.4, -0.2) is 46.4 Å². The van der Waals surface area contributed by atoms with E-state index in [-0.39, 0.29) is 5.91 Å². The molecule has 2 aromatic rings. The van der Waals surface area contributed by atoms with Crippen LogP contribution in [0.2, 0.25) is 0 Å². The largest absolute Gasteiger partial charge is 0.338 e. The number of piperidine rings is 1. The van der Waals surface area contributed by atoms with Gasteiger partial charge in [-0.25, -0.2) is 0 Å². The first-order valence-electron chi connectivity index (χ1n) is 9.48. The molecule has 4 heteroatoms. The molecule has 1 aromatic heterocycles. The van der Waals surface area contributed by atoms with Gasteiger partial charge in [0, 0.05) is 44.5 Å². The Morgan fingerprint density at radius 3 is 2.77 bits per heavy atom. The van der Waals surface area contributed by atoms with E-state index in [1.165, 1.54) is 17.5 Å². The third-order valence-electron chi connectivity index (χ3n) is 5.47. The number of rotatable bonds is 3. The second-order valence-electron chi connectivity index (χ2n) is 7.16. The second kappa shape index (κ2) is 7.83. The van der Waals surface area contributed by atoms with Crippen LogP contribution in [-0.2, 0) is 17.8 Å². The van der Waals surface area contributed by atoms with Crippen LogP contribution in [0.3, 0.4) is 0 Å². The molecule has 2 aliphatic heterocycles. The minimum absolute atomic E-state index is 0.0952. The molecular weight excluding hydrogens is 322 g/mol. The molecule has 0 saturated carbocycles. The number of amides is 1. The van der Waals surface area contributed by atoms with Crippen molar-refractivity contribution in [1.82, 2.24) is 14.8 Å². The van der Waals surface area contributed by atoms with Crippen molar-refractivity contribution in [3.8, 4) is 0 Å². The van der Waals surface area contributed by atoms with Crippen LogP contribution in [0.5, 0.6) is 0 Å². The summed E-state index contributed by atoms with van der Waals surface area (Å²) < 4.78 is 0. The van der Waals surface area contributed by atoms with E-state index in [1.54, 1.807) is 12.3 Å². The number of hydrogen-bond donors (Lipinski definition) is 0. The maximum absolute atomic E-state index is 12.6. The molecule has 1 fully saturated rings. The third kappa shape index (κ3) is 3.86. The van der Waals surface area contributed by atoms with Crippen molar-refractivity contribution in [2.45, 2.75) is 31.8 Å². The summed E-state index contributed by atoms with van der Waals surface area (Å²) in [6.07, 6.45) is 8.58. The van der Waals surface area contributed by atoms with E-state index in [9.17, 15) is 4.79 Å². The molecule has 1 amide bonds. The molecule has 2 aliphatic rings. The Hall–Kier alpha value is -2.46. The maximum Gasteiger partial charge on any atom is 0.246 e. The van der Waals surface area contributed by atoms with Gasteiger partial charge < -0.3 is 4.90 Å². The highest BCUT2D eigenvalue weighted by molar-refractivity contribution is 5.91. The summed E-state index contributed by atoms with van der Waals surface area (Å²) in [6.45, 7) is 3.78. The van der Waals surface area contributed by atoms with Crippen molar-refractivity contribution >= 4 is 12.0 Å². The van der Waals surface area contributed by atoms with Gasteiger partial charge in [-0.05, 0) is 48.6 Å². The van der Waals surface area contributed by atoms with Gasteiger partial charge in [0.05, 0.1) is 5.69 Å². The van der Waals surface area contributed by atoms with Crippen LogP contribution in [0.4, 0.5) is 0 Å². The van der Waals surface area contributed by atoms with Crippen molar-refractivity contribution in [3.63, 3.8) is 0 Å². The van der Waals surface area contributed by atoms with Gasteiger partial charge in [0.25, 0.3) is 0 Å². The summed E-state index contributed by atoms with van der Waals surface area (Å²) in [7, 11) is 0. The fourth-order valence-electron chi connectivity index (χ4n) is 4.02. The highest BCUT2D eigenvalue weighted by Gasteiger charge is 2.29. The number of aromatic nitrogens is 1. The molecule has 3 heterocycles. The lowest BCUT2D eigenvalue weighted by Crippen LogP contribution is -2.50. The minimum atomic E-state index is 0.0952. The van der Waals surface area contributed by atoms with Crippen LogP contribution in [0.1, 0.15) is 29.7 Å². The fraction of sp³-hybridized carbons (Fsp3) is 0.364. The number of likely N-dealkylation sites (tertiary alicyclic amines) is 1. The van der Waals surface area contributed by atoms with Crippen LogP contribution < -0.4 is 0 Å². The van der Waals surface area contributed by atoms with Crippen molar-refractivity contribution in [2.75, 3.05) is 19.6 Å². The van der Waals surface area contributed by atoms with Gasteiger partial charge in [0.1, 0.15) is 0 Å². The Bertz CT molecular complexity index is 787. The zero-order valence-electron chi connectivity index (χ0n) is 15.1. The number of hydrogen-bond acceptors (Lipinski definition) is 3. The van der Waals surface area contributed by atoms with Gasteiger partial charge in [0.15, 0.2) is 0 Å². The van der Waals surface area contributed by atoms with Crippen LogP contribution >= 0.6 is 0 Å². The predicted molar refractivity (Wildman–Crippen MR) is 103 cm³/mol. The molecule has 4 rings (SSSR count). The lowest BCUT2D eigenvalue weighted by Gasteiger charge is -2.41. The summed E-state index contributed by atoms with van der Waals surface area (Å²) in [5.41, 5.74) is 3.74. The Morgan fingerprint density at radius 2 is 1.92 bits per heavy atom. The Balaban J connectivity index is 1.38. The van der Waals surface area contributed by atoms with Gasteiger partial charge in [-0.15, -0.1) is 0 Å². The number of fused-ring (bicyclic) bond motifs is 1. The molecule has 1 aromatic carbocycles. The summed E-state index contributed by atoms with van der Waals surface area (Å²) in [6, 6.07) is 14.9. The molecule has 4 nitrogen and oxygen atoms in total. The molecule has 1 atom stereocenters. The summed E-state index contributed by atoms with van der Waals surface area (Å²) in [4.78, 5) is 21.4. The molecule has 0 aliphatic carbocycles. The van der Waals surface area contributed by atoms with Crippen LogP contribution in [0, 0.1) is 0 Å². The van der Waals surface area contributed by atoms with Gasteiger partial charge >= 0.3 is 0 Å². The molecule has 134 valence electrons. The van der Waals surface area contributed by atoms with Gasteiger partial charge in [-0.1, -0.05) is 30.3 Å². The molecule has 0 bridgehead atoms. The van der Waals surface area contributed by atoms with Gasteiger partial charge in [-0.3, -0.25) is 14.7 Å². The quantitative estimate of drug-likeness (QED) is 0.801. The Morgan fingerprint density at radius 1 is 1.08 bits per heavy atom. The topological polar surface area (TPSA) is 36.4 Å². The molecule has 26 heavy (non-hydrogen) atoms. The summed E-state index contributed by atoms with van der Waals surface area (Å²) in [5.74, 6) is 0.0952. The maximum atomic E-state index is 12.6. The first-order valence-corrected chi connectivity index (χ1v) is 9.48. The Kier molecular flexibility index (Phi) is 5.12. The van der Waals surface area contributed by atoms with Crippen molar-refractivity contribution in [2.24, 2.45) is 0 Å². The van der Waals surface area contributed by atoms with E-state index in [4.69, 9.17) is 0 Å². The van der Waals surface area contributed by atoms with E-state index in [0.29, 0.717) is 6.04 Å². The Labute approximate surface area is 155 Å². The standard InChI is InChI=1S/C22H25N3O/c26-22(11-10-20-8-3-4-13-23-20)25-14-5-9-21(17-25)24-15-12-18-6-1-2-7-19(18)16-24/h1-4,6-8,10-11,13,21H,5,9,12,14-17H2/b11-10+. The van der Waals surface area contributed by atoms with E-state index in [1.807, 2.05) is 29.2 Å². The van der Waals surface area contributed by atoms with Crippen molar-refractivity contribution < 1.29 is 4.79 Å². The van der Waals surface area contributed by atoms with Crippen molar-refractivity contribution in [3.05, 3.63) is 71.6 Å². The highest BCUT2D eigenvalue weighted by atomic mass is 16.2. The van der Waals surface area contributed by atoms with E-state index < -0.39 is 0 Å². The number of nitrogens with zero attached hydrogens (tertiary/aromatic N) is 3. The van der Waals surface area contributed by atoms with Crippen molar-refractivity contribution in [1.29, 1.82) is 0 Å².